The number of anilines is 2. The van der Waals surface area contributed by atoms with Crippen LogP contribution in [0.3, 0.4) is 0 Å². The van der Waals surface area contributed by atoms with Gasteiger partial charge in [-0.3, -0.25) is 19.2 Å². The first-order valence-electron chi connectivity index (χ1n) is 16.0. The topological polar surface area (TPSA) is 109 Å². The third-order valence-corrected chi connectivity index (χ3v) is 13.2. The maximum atomic E-state index is 14.1. The van der Waals surface area contributed by atoms with Crippen LogP contribution in [0.25, 0.3) is 0 Å². The van der Waals surface area contributed by atoms with Crippen LogP contribution in [0.2, 0.25) is 5.02 Å². The first kappa shape index (κ1) is 34.8. The maximum absolute atomic E-state index is 14.1. The molecule has 2 aliphatic heterocycles. The molecule has 0 spiro atoms. The number of alkyl halides is 6. The van der Waals surface area contributed by atoms with Gasteiger partial charge in [-0.2, -0.15) is 26.3 Å². The molecule has 3 heterocycles. The van der Waals surface area contributed by atoms with E-state index in [1.165, 1.54) is 48.2 Å². The summed E-state index contributed by atoms with van der Waals surface area (Å²) in [6, 6.07) is 13.5. The Morgan fingerprint density at radius 2 is 1.56 bits per heavy atom. The summed E-state index contributed by atoms with van der Waals surface area (Å²) in [7, 11) is 0. The minimum atomic E-state index is -4.81. The predicted octanol–water partition coefficient (Wildman–Crippen LogP) is 7.82. The normalized spacial score (nSPS) is 26.3. The minimum Gasteiger partial charge on any atom is -0.483 e. The van der Waals surface area contributed by atoms with Gasteiger partial charge in [0, 0.05) is 26.6 Å². The van der Waals surface area contributed by atoms with Crippen molar-refractivity contribution in [3.05, 3.63) is 103 Å². The van der Waals surface area contributed by atoms with Crippen molar-refractivity contribution in [3.63, 3.8) is 0 Å². The van der Waals surface area contributed by atoms with Crippen LogP contribution in [0, 0.1) is 29.6 Å². The number of carbonyl (C=O) groups is 3. The van der Waals surface area contributed by atoms with Gasteiger partial charge in [0.1, 0.15) is 5.75 Å². The second kappa shape index (κ2) is 12.4. The highest BCUT2D eigenvalue weighted by molar-refractivity contribution is 8.00. The Kier molecular flexibility index (Phi) is 8.30. The Morgan fingerprint density at radius 3 is 2.27 bits per heavy atom. The Bertz CT molecular complexity index is 2210. The summed E-state index contributed by atoms with van der Waals surface area (Å²) in [5, 5.41) is 2.71. The van der Waals surface area contributed by atoms with E-state index in [1.807, 2.05) is 0 Å². The van der Waals surface area contributed by atoms with Gasteiger partial charge >= 0.3 is 17.2 Å². The van der Waals surface area contributed by atoms with Crippen molar-refractivity contribution in [2.24, 2.45) is 29.6 Å². The van der Waals surface area contributed by atoms with Crippen molar-refractivity contribution in [2.75, 3.05) is 16.8 Å². The molecule has 2 aliphatic carbocycles. The van der Waals surface area contributed by atoms with Gasteiger partial charge in [0.05, 0.1) is 39.4 Å². The number of benzene rings is 3. The van der Waals surface area contributed by atoms with Crippen LogP contribution >= 0.6 is 34.7 Å². The molecule has 2 bridgehead atoms. The summed E-state index contributed by atoms with van der Waals surface area (Å²) in [6.45, 7) is -0.691. The van der Waals surface area contributed by atoms with Crippen LogP contribution < -0.4 is 19.8 Å². The van der Waals surface area contributed by atoms with E-state index in [0.29, 0.717) is 26.8 Å². The Morgan fingerprint density at radius 1 is 0.904 bits per heavy atom. The number of ether oxygens (including phenoxy) is 1. The molecule has 6 unspecified atom stereocenters. The molecule has 1 aromatic heterocycles. The molecule has 3 amide bonds. The van der Waals surface area contributed by atoms with Gasteiger partial charge in [0.2, 0.25) is 11.8 Å². The number of H-pyrrole nitrogens is 1. The number of imide groups is 1. The number of aromatic nitrogens is 1. The lowest BCUT2D eigenvalue weighted by Gasteiger charge is -2.43. The molecule has 7 atom stereocenters. The van der Waals surface area contributed by atoms with Crippen molar-refractivity contribution in [2.45, 2.75) is 35.0 Å². The Balaban J connectivity index is 1.14. The van der Waals surface area contributed by atoms with E-state index in [4.69, 9.17) is 16.3 Å². The van der Waals surface area contributed by atoms with Crippen LogP contribution in [-0.2, 0) is 26.7 Å². The number of hydrogen-bond donors (Lipinski definition) is 2. The number of thiazole rings is 1. The van der Waals surface area contributed by atoms with Gasteiger partial charge in [-0.05, 0) is 66.6 Å². The van der Waals surface area contributed by atoms with Gasteiger partial charge < -0.3 is 15.0 Å². The number of halogens is 7. The maximum Gasteiger partial charge on any atom is 0.418 e. The fraction of sp³-hybridized carbons (Fsp3) is 0.314. The van der Waals surface area contributed by atoms with Crippen molar-refractivity contribution >= 4 is 63.8 Å². The molecule has 8 rings (SSSR count). The second-order valence-corrected chi connectivity index (χ2v) is 15.7. The van der Waals surface area contributed by atoms with E-state index in [2.05, 4.69) is 10.3 Å². The summed E-state index contributed by atoms with van der Waals surface area (Å²) in [4.78, 5) is 57.4. The lowest BCUT2D eigenvalue weighted by Crippen LogP contribution is -2.42. The number of nitrogens with one attached hydrogen (secondary N) is 2. The van der Waals surface area contributed by atoms with Gasteiger partial charge in [-0.1, -0.05) is 47.2 Å². The molecular formula is C35H24ClF6N3O5S2. The molecule has 270 valence electrons. The number of rotatable bonds is 6. The van der Waals surface area contributed by atoms with Gasteiger partial charge in [0.15, 0.2) is 6.61 Å². The molecule has 52 heavy (non-hydrogen) atoms. The van der Waals surface area contributed by atoms with E-state index in [0.717, 1.165) is 35.6 Å². The molecule has 0 radical (unpaired) electrons. The average molecular weight is 780 g/mol. The predicted molar refractivity (Wildman–Crippen MR) is 179 cm³/mol. The van der Waals surface area contributed by atoms with Crippen LogP contribution in [-0.4, -0.2) is 34.6 Å². The molecule has 8 nitrogen and oxygen atoms in total. The number of carbonyl (C=O) groups excluding carboxylic acids is 3. The van der Waals surface area contributed by atoms with Crippen LogP contribution in [0.1, 0.15) is 33.9 Å². The third-order valence-electron chi connectivity index (χ3n) is 10.3. The van der Waals surface area contributed by atoms with E-state index in [9.17, 15) is 45.5 Å². The van der Waals surface area contributed by atoms with E-state index >= 15 is 0 Å². The molecular weight excluding hydrogens is 756 g/mol. The van der Waals surface area contributed by atoms with Crippen LogP contribution in [0.5, 0.6) is 5.75 Å². The molecule has 4 aromatic rings. The van der Waals surface area contributed by atoms with E-state index in [1.54, 1.807) is 6.07 Å². The lowest BCUT2D eigenvalue weighted by molar-refractivity contribution is -0.138. The SMILES string of the molecule is O=C(COc1ccc(Cl)cc1[C@H]1c2sc(=O)[nH]c2SC2C3CC(C4C(=O)N(c5ccccc5C(F)(F)F)C(=O)C34)C21)Nc1ccccc1C(F)(F)F. The summed E-state index contributed by atoms with van der Waals surface area (Å²) >= 11 is 8.78. The molecule has 1 saturated heterocycles. The fourth-order valence-electron chi connectivity index (χ4n) is 8.57. The number of fused-ring (bicyclic) bond motifs is 9. The second-order valence-electron chi connectivity index (χ2n) is 13.0. The zero-order valence-corrected chi connectivity index (χ0v) is 28.6. The van der Waals surface area contributed by atoms with Crippen molar-refractivity contribution < 1.29 is 45.5 Å². The van der Waals surface area contributed by atoms with Gasteiger partial charge in [-0.25, -0.2) is 4.90 Å². The smallest absolute Gasteiger partial charge is 0.418 e. The first-order valence-corrected chi connectivity index (χ1v) is 18.0. The Labute approximate surface area is 303 Å². The van der Waals surface area contributed by atoms with E-state index < -0.39 is 94.7 Å². The summed E-state index contributed by atoms with van der Waals surface area (Å²) in [6.07, 6.45) is -9.09. The number of para-hydroxylation sites is 2. The Hall–Kier alpha value is -4.28. The monoisotopic (exact) mass is 779 g/mol. The quantitative estimate of drug-likeness (QED) is 0.153. The molecule has 4 aliphatic rings. The summed E-state index contributed by atoms with van der Waals surface area (Å²) in [5.74, 6) is -5.85. The highest BCUT2D eigenvalue weighted by atomic mass is 35.5. The summed E-state index contributed by atoms with van der Waals surface area (Å²) < 4.78 is 88.6. The number of nitrogens with zero attached hydrogens (tertiary/aromatic N) is 1. The van der Waals surface area contributed by atoms with E-state index in [-0.39, 0.29) is 20.9 Å². The molecule has 2 N–H and O–H groups in total. The first-order chi connectivity index (χ1) is 24.6. The highest BCUT2D eigenvalue weighted by Crippen LogP contribution is 2.69. The molecule has 3 aromatic carbocycles. The van der Waals surface area contributed by atoms with Crippen molar-refractivity contribution in [1.29, 1.82) is 0 Å². The van der Waals surface area contributed by atoms with Gasteiger partial charge in [-0.15, -0.1) is 11.8 Å². The molecule has 3 fully saturated rings. The standard InChI is InChI=1S/C35H24ClF6N3O5S2/c36-14-9-10-22(50-13-23(46)43-20-7-3-1-5-18(20)34(37,38)39)15(11-14)24-25-16-12-17(28(25)51-30-29(24)52-33(49)44-30)27-26(16)31(47)45(32(27)48)21-8-4-2-6-19(21)35(40,41)42/h1-11,16-17,24-28H,12-13H2,(H,43,46)(H,44,49)/t16?,17?,24-,25?,26?,27?,28?/m1/s1. The third kappa shape index (κ3) is 5.61. The lowest BCUT2D eigenvalue weighted by atomic mass is 9.68. The fourth-order valence-corrected chi connectivity index (χ4v) is 11.6. The largest absolute Gasteiger partial charge is 0.483 e. The van der Waals surface area contributed by atoms with Crippen molar-refractivity contribution in [1.82, 2.24) is 4.98 Å². The number of hydrogen-bond acceptors (Lipinski definition) is 7. The van der Waals surface area contributed by atoms with Crippen molar-refractivity contribution in [3.8, 4) is 5.75 Å². The number of amides is 3. The number of aromatic amines is 1. The molecule has 2 saturated carbocycles. The zero-order chi connectivity index (χ0) is 36.9. The minimum absolute atomic E-state index is 0.153. The van der Waals surface area contributed by atoms with Crippen LogP contribution in [0.15, 0.2) is 76.6 Å². The molecule has 17 heteroatoms. The number of thioether (sulfide) groups is 1. The van der Waals surface area contributed by atoms with Crippen LogP contribution in [0.4, 0.5) is 37.7 Å². The summed E-state index contributed by atoms with van der Waals surface area (Å²) in [5.41, 5.74) is -2.65. The average Bonchev–Trinajstić information content (AvgIpc) is 3.82. The van der Waals surface area contributed by atoms with Gasteiger partial charge in [0.25, 0.3) is 5.91 Å². The highest BCUT2D eigenvalue weighted by Gasteiger charge is 2.70. The zero-order valence-electron chi connectivity index (χ0n) is 26.3.